The standard InChI is InChI=1S/C16H29N3O2/c1-15(2,16(3,4)17)14(21)19-9-7-12(8-10-19)18-13(20)11-5-6-11/h11-12H,5-10,17H2,1-4H3,(H,18,20). The molecule has 2 fully saturated rings. The maximum Gasteiger partial charge on any atom is 0.230 e. The van der Waals surface area contributed by atoms with Gasteiger partial charge < -0.3 is 16.0 Å². The molecule has 0 aromatic carbocycles. The zero-order valence-electron chi connectivity index (χ0n) is 13.7. The van der Waals surface area contributed by atoms with Crippen LogP contribution in [0.2, 0.25) is 0 Å². The number of likely N-dealkylation sites (tertiary alicyclic amines) is 1. The lowest BCUT2D eigenvalue weighted by Gasteiger charge is -2.42. The summed E-state index contributed by atoms with van der Waals surface area (Å²) < 4.78 is 0. The van der Waals surface area contributed by atoms with E-state index in [2.05, 4.69) is 5.32 Å². The summed E-state index contributed by atoms with van der Waals surface area (Å²) in [5.41, 5.74) is 5.01. The Labute approximate surface area is 127 Å². The van der Waals surface area contributed by atoms with E-state index in [0.717, 1.165) is 25.7 Å². The van der Waals surface area contributed by atoms with Crippen molar-refractivity contribution in [3.05, 3.63) is 0 Å². The Kier molecular flexibility index (Phi) is 4.34. The Morgan fingerprint density at radius 2 is 1.57 bits per heavy atom. The molecular weight excluding hydrogens is 266 g/mol. The number of hydrogen-bond acceptors (Lipinski definition) is 3. The van der Waals surface area contributed by atoms with Gasteiger partial charge in [-0.2, -0.15) is 0 Å². The highest BCUT2D eigenvalue weighted by atomic mass is 16.2. The SMILES string of the molecule is CC(C)(N)C(C)(C)C(=O)N1CCC(NC(=O)C2CC2)CC1. The van der Waals surface area contributed by atoms with E-state index >= 15 is 0 Å². The van der Waals surface area contributed by atoms with Crippen LogP contribution in [0.25, 0.3) is 0 Å². The number of amides is 2. The van der Waals surface area contributed by atoms with Crippen LogP contribution in [0.4, 0.5) is 0 Å². The van der Waals surface area contributed by atoms with E-state index < -0.39 is 11.0 Å². The van der Waals surface area contributed by atoms with Crippen molar-refractivity contribution in [2.75, 3.05) is 13.1 Å². The highest BCUT2D eigenvalue weighted by Crippen LogP contribution is 2.32. The van der Waals surface area contributed by atoms with Gasteiger partial charge in [-0.05, 0) is 53.4 Å². The average Bonchev–Trinajstić information content (AvgIpc) is 3.21. The molecule has 2 amide bonds. The van der Waals surface area contributed by atoms with Gasteiger partial charge in [0.05, 0.1) is 5.41 Å². The molecular formula is C16H29N3O2. The van der Waals surface area contributed by atoms with Crippen molar-refractivity contribution < 1.29 is 9.59 Å². The topological polar surface area (TPSA) is 75.4 Å². The molecule has 0 unspecified atom stereocenters. The van der Waals surface area contributed by atoms with Gasteiger partial charge in [0.2, 0.25) is 11.8 Å². The normalized spacial score (nSPS) is 21.3. The van der Waals surface area contributed by atoms with Gasteiger partial charge >= 0.3 is 0 Å². The Morgan fingerprint density at radius 3 is 2.00 bits per heavy atom. The molecule has 1 heterocycles. The maximum atomic E-state index is 12.7. The van der Waals surface area contributed by atoms with E-state index in [9.17, 15) is 9.59 Å². The third-order valence-corrected chi connectivity index (χ3v) is 5.22. The minimum atomic E-state index is -0.586. The average molecular weight is 295 g/mol. The molecule has 21 heavy (non-hydrogen) atoms. The molecule has 120 valence electrons. The van der Waals surface area contributed by atoms with E-state index in [0.29, 0.717) is 13.1 Å². The third kappa shape index (κ3) is 3.57. The van der Waals surface area contributed by atoms with Gasteiger partial charge in [0, 0.05) is 30.6 Å². The van der Waals surface area contributed by atoms with Crippen LogP contribution in [0.1, 0.15) is 53.4 Å². The summed E-state index contributed by atoms with van der Waals surface area (Å²) >= 11 is 0. The first-order valence-electron chi connectivity index (χ1n) is 8.01. The second-order valence-corrected chi connectivity index (χ2v) is 7.70. The number of nitrogens with one attached hydrogen (secondary N) is 1. The number of carbonyl (C=O) groups excluding carboxylic acids is 2. The molecule has 0 radical (unpaired) electrons. The third-order valence-electron chi connectivity index (χ3n) is 5.22. The quantitative estimate of drug-likeness (QED) is 0.820. The fraction of sp³-hybridized carbons (Fsp3) is 0.875. The molecule has 0 aromatic heterocycles. The number of hydrogen-bond donors (Lipinski definition) is 2. The first kappa shape index (κ1) is 16.3. The van der Waals surface area contributed by atoms with E-state index in [4.69, 9.17) is 5.73 Å². The van der Waals surface area contributed by atoms with Gasteiger partial charge in [0.1, 0.15) is 0 Å². The molecule has 0 aromatic rings. The number of rotatable bonds is 4. The summed E-state index contributed by atoms with van der Waals surface area (Å²) in [4.78, 5) is 26.3. The molecule has 0 spiro atoms. The smallest absolute Gasteiger partial charge is 0.230 e. The second-order valence-electron chi connectivity index (χ2n) is 7.70. The van der Waals surface area contributed by atoms with Crippen LogP contribution in [0.15, 0.2) is 0 Å². The van der Waals surface area contributed by atoms with Gasteiger partial charge in [0.25, 0.3) is 0 Å². The molecule has 2 aliphatic rings. The van der Waals surface area contributed by atoms with E-state index in [1.54, 1.807) is 0 Å². The fourth-order valence-electron chi connectivity index (χ4n) is 2.56. The van der Waals surface area contributed by atoms with Gasteiger partial charge in [-0.25, -0.2) is 0 Å². The van der Waals surface area contributed by atoms with Crippen molar-refractivity contribution in [2.45, 2.75) is 65.0 Å². The number of carbonyl (C=O) groups is 2. The second kappa shape index (κ2) is 5.59. The molecule has 1 aliphatic carbocycles. The van der Waals surface area contributed by atoms with E-state index in [-0.39, 0.29) is 23.8 Å². The lowest BCUT2D eigenvalue weighted by Crippen LogP contribution is -2.58. The predicted molar refractivity (Wildman–Crippen MR) is 82.5 cm³/mol. The van der Waals surface area contributed by atoms with Crippen molar-refractivity contribution in [1.29, 1.82) is 0 Å². The van der Waals surface area contributed by atoms with Crippen LogP contribution < -0.4 is 11.1 Å². The first-order chi connectivity index (χ1) is 9.63. The lowest BCUT2D eigenvalue weighted by molar-refractivity contribution is -0.144. The van der Waals surface area contributed by atoms with Crippen LogP contribution in [0, 0.1) is 11.3 Å². The monoisotopic (exact) mass is 295 g/mol. The largest absolute Gasteiger partial charge is 0.353 e. The summed E-state index contributed by atoms with van der Waals surface area (Å²) in [6.45, 7) is 9.02. The molecule has 3 N–H and O–H groups in total. The van der Waals surface area contributed by atoms with Crippen LogP contribution >= 0.6 is 0 Å². The predicted octanol–water partition coefficient (Wildman–Crippen LogP) is 1.27. The van der Waals surface area contributed by atoms with Gasteiger partial charge in [-0.1, -0.05) is 0 Å². The molecule has 0 atom stereocenters. The summed E-state index contributed by atoms with van der Waals surface area (Å²) in [6, 6.07) is 0.219. The Balaban J connectivity index is 1.85. The minimum Gasteiger partial charge on any atom is -0.353 e. The molecule has 1 saturated heterocycles. The molecule has 1 aliphatic heterocycles. The number of nitrogens with two attached hydrogens (primary N) is 1. The summed E-state index contributed by atoms with van der Waals surface area (Å²) in [5.74, 6) is 0.562. The summed E-state index contributed by atoms with van der Waals surface area (Å²) in [5, 5.41) is 3.11. The highest BCUT2D eigenvalue weighted by molar-refractivity contribution is 5.84. The highest BCUT2D eigenvalue weighted by Gasteiger charge is 2.43. The molecule has 0 bridgehead atoms. The van der Waals surface area contributed by atoms with Crippen LogP contribution in [-0.2, 0) is 9.59 Å². The molecule has 5 nitrogen and oxygen atoms in total. The van der Waals surface area contributed by atoms with Gasteiger partial charge in [0.15, 0.2) is 0 Å². The molecule has 2 rings (SSSR count). The fourth-order valence-corrected chi connectivity index (χ4v) is 2.56. The van der Waals surface area contributed by atoms with E-state index in [1.807, 2.05) is 32.6 Å². The van der Waals surface area contributed by atoms with Crippen LogP contribution in [0.3, 0.4) is 0 Å². The maximum absolute atomic E-state index is 12.7. The van der Waals surface area contributed by atoms with Crippen molar-refractivity contribution in [3.63, 3.8) is 0 Å². The number of nitrogens with zero attached hydrogens (tertiary/aromatic N) is 1. The van der Waals surface area contributed by atoms with E-state index in [1.165, 1.54) is 0 Å². The van der Waals surface area contributed by atoms with Crippen molar-refractivity contribution in [3.8, 4) is 0 Å². The Bertz CT molecular complexity index is 414. The minimum absolute atomic E-state index is 0.113. The van der Waals surface area contributed by atoms with Crippen molar-refractivity contribution in [1.82, 2.24) is 10.2 Å². The Hall–Kier alpha value is -1.10. The zero-order chi connectivity index (χ0) is 15.8. The van der Waals surface area contributed by atoms with Crippen LogP contribution in [-0.4, -0.2) is 41.4 Å². The van der Waals surface area contributed by atoms with Crippen molar-refractivity contribution in [2.24, 2.45) is 17.1 Å². The molecule has 5 heteroatoms. The first-order valence-corrected chi connectivity index (χ1v) is 8.01. The zero-order valence-corrected chi connectivity index (χ0v) is 13.7. The van der Waals surface area contributed by atoms with Crippen molar-refractivity contribution >= 4 is 11.8 Å². The summed E-state index contributed by atoms with van der Waals surface area (Å²) in [6.07, 6.45) is 3.74. The van der Waals surface area contributed by atoms with Crippen LogP contribution in [0.5, 0.6) is 0 Å². The lowest BCUT2D eigenvalue weighted by atomic mass is 9.74. The number of piperidine rings is 1. The Morgan fingerprint density at radius 1 is 1.05 bits per heavy atom. The molecule has 1 saturated carbocycles. The van der Waals surface area contributed by atoms with Gasteiger partial charge in [-0.15, -0.1) is 0 Å². The van der Waals surface area contributed by atoms with Gasteiger partial charge in [-0.3, -0.25) is 9.59 Å². The summed E-state index contributed by atoms with van der Waals surface area (Å²) in [7, 11) is 0.